The monoisotopic (exact) mass is 387 g/mol. The number of aromatic carboxylic acids is 1. The fourth-order valence-corrected chi connectivity index (χ4v) is 6.21. The Balaban J connectivity index is 1.64. The SMILES string of the molecule is O=C(O)c1ccc2c(c1)[C@@H]1[C@H]3CC[C@@H](C3)[C@H]1[C@@H](c1ccc(Cl)cc1Cl)N2. The number of nitrogens with one attached hydrogen (secondary N) is 1. The summed E-state index contributed by atoms with van der Waals surface area (Å²) in [6.45, 7) is 0. The maximum Gasteiger partial charge on any atom is 0.335 e. The van der Waals surface area contributed by atoms with Crippen molar-refractivity contribution in [2.45, 2.75) is 31.2 Å². The number of hydrogen-bond donors (Lipinski definition) is 2. The van der Waals surface area contributed by atoms with E-state index >= 15 is 0 Å². The fourth-order valence-electron chi connectivity index (χ4n) is 5.68. The second-order valence-corrected chi connectivity index (χ2v) is 8.68. The highest BCUT2D eigenvalue weighted by molar-refractivity contribution is 6.35. The molecule has 26 heavy (non-hydrogen) atoms. The molecule has 0 radical (unpaired) electrons. The lowest BCUT2D eigenvalue weighted by atomic mass is 9.68. The number of carbonyl (C=O) groups is 1. The maximum atomic E-state index is 11.5. The minimum Gasteiger partial charge on any atom is -0.478 e. The Morgan fingerprint density at radius 2 is 1.85 bits per heavy atom. The highest BCUT2D eigenvalue weighted by Crippen LogP contribution is 2.64. The number of halogens is 2. The summed E-state index contributed by atoms with van der Waals surface area (Å²) in [6, 6.07) is 11.4. The van der Waals surface area contributed by atoms with E-state index < -0.39 is 5.97 Å². The summed E-state index contributed by atoms with van der Waals surface area (Å²) in [5.74, 6) is 1.29. The summed E-state index contributed by atoms with van der Waals surface area (Å²) in [6.07, 6.45) is 3.72. The van der Waals surface area contributed by atoms with Crippen LogP contribution in [0.25, 0.3) is 0 Å². The van der Waals surface area contributed by atoms with Gasteiger partial charge in [-0.3, -0.25) is 0 Å². The molecular weight excluding hydrogens is 369 g/mol. The van der Waals surface area contributed by atoms with E-state index in [1.165, 1.54) is 24.8 Å². The molecule has 2 aromatic rings. The summed E-state index contributed by atoms with van der Waals surface area (Å²) in [4.78, 5) is 11.5. The molecule has 2 aliphatic carbocycles. The van der Waals surface area contributed by atoms with Crippen molar-refractivity contribution in [2.75, 3.05) is 5.32 Å². The van der Waals surface area contributed by atoms with Gasteiger partial charge in [0.15, 0.2) is 0 Å². The van der Waals surface area contributed by atoms with E-state index in [1.54, 1.807) is 6.07 Å². The fraction of sp³-hybridized carbons (Fsp3) is 0.381. The van der Waals surface area contributed by atoms with Crippen LogP contribution >= 0.6 is 23.2 Å². The van der Waals surface area contributed by atoms with Crippen LogP contribution in [0.4, 0.5) is 5.69 Å². The van der Waals surface area contributed by atoms with Crippen LogP contribution in [-0.2, 0) is 0 Å². The number of benzene rings is 2. The number of anilines is 1. The Kier molecular flexibility index (Phi) is 3.74. The van der Waals surface area contributed by atoms with Crippen LogP contribution < -0.4 is 5.32 Å². The lowest BCUT2D eigenvalue weighted by molar-refractivity contribution is 0.0696. The van der Waals surface area contributed by atoms with Crippen LogP contribution in [0.5, 0.6) is 0 Å². The zero-order valence-corrected chi connectivity index (χ0v) is 15.6. The van der Waals surface area contributed by atoms with E-state index in [2.05, 4.69) is 5.32 Å². The van der Waals surface area contributed by atoms with Gasteiger partial charge in [-0.25, -0.2) is 4.79 Å². The van der Waals surface area contributed by atoms with Crippen molar-refractivity contribution in [3.05, 3.63) is 63.1 Å². The van der Waals surface area contributed by atoms with Gasteiger partial charge in [-0.15, -0.1) is 0 Å². The first kappa shape index (κ1) is 16.5. The third-order valence-corrected chi connectivity index (χ3v) is 7.19. The summed E-state index contributed by atoms with van der Waals surface area (Å²) >= 11 is 12.6. The topological polar surface area (TPSA) is 49.3 Å². The average molecular weight is 388 g/mol. The molecule has 0 saturated heterocycles. The molecule has 2 bridgehead atoms. The van der Waals surface area contributed by atoms with Gasteiger partial charge in [0.25, 0.3) is 0 Å². The summed E-state index contributed by atoms with van der Waals surface area (Å²) < 4.78 is 0. The first-order valence-electron chi connectivity index (χ1n) is 9.11. The predicted octanol–water partition coefficient (Wildman–Crippen LogP) is 5.99. The van der Waals surface area contributed by atoms with Gasteiger partial charge in [-0.2, -0.15) is 0 Å². The number of carboxylic acid groups (broad SMARTS) is 1. The van der Waals surface area contributed by atoms with E-state index in [1.807, 2.05) is 30.3 Å². The van der Waals surface area contributed by atoms with Gasteiger partial charge in [0.1, 0.15) is 0 Å². The van der Waals surface area contributed by atoms with Crippen molar-refractivity contribution in [1.82, 2.24) is 0 Å². The molecule has 0 unspecified atom stereocenters. The van der Waals surface area contributed by atoms with Gasteiger partial charge in [-0.1, -0.05) is 29.3 Å². The number of hydrogen-bond acceptors (Lipinski definition) is 2. The van der Waals surface area contributed by atoms with Gasteiger partial charge in [-0.05, 0) is 84.4 Å². The van der Waals surface area contributed by atoms with E-state index in [0.29, 0.717) is 39.3 Å². The van der Waals surface area contributed by atoms with E-state index in [9.17, 15) is 9.90 Å². The van der Waals surface area contributed by atoms with Crippen LogP contribution in [0.15, 0.2) is 36.4 Å². The van der Waals surface area contributed by atoms with E-state index in [4.69, 9.17) is 23.2 Å². The van der Waals surface area contributed by atoms with Crippen LogP contribution in [0.3, 0.4) is 0 Å². The number of carboxylic acids is 1. The maximum absolute atomic E-state index is 11.5. The molecule has 5 rings (SSSR count). The minimum atomic E-state index is -0.865. The van der Waals surface area contributed by atoms with Crippen molar-refractivity contribution < 1.29 is 9.90 Å². The second-order valence-electron chi connectivity index (χ2n) is 7.83. The first-order chi connectivity index (χ1) is 12.5. The van der Waals surface area contributed by atoms with Crippen molar-refractivity contribution >= 4 is 34.9 Å². The Morgan fingerprint density at radius 1 is 1.04 bits per heavy atom. The molecule has 1 aliphatic heterocycles. The van der Waals surface area contributed by atoms with Crippen LogP contribution in [0.2, 0.25) is 10.0 Å². The van der Waals surface area contributed by atoms with Crippen molar-refractivity contribution in [3.63, 3.8) is 0 Å². The van der Waals surface area contributed by atoms with Crippen molar-refractivity contribution in [3.8, 4) is 0 Å². The van der Waals surface area contributed by atoms with E-state index in [-0.39, 0.29) is 6.04 Å². The molecule has 2 aromatic carbocycles. The molecule has 134 valence electrons. The van der Waals surface area contributed by atoms with Gasteiger partial charge in [0.05, 0.1) is 11.6 Å². The zero-order chi connectivity index (χ0) is 18.0. The van der Waals surface area contributed by atoms with Gasteiger partial charge in [0, 0.05) is 15.7 Å². The Labute approximate surface area is 162 Å². The molecule has 1 heterocycles. The quantitative estimate of drug-likeness (QED) is 0.665. The molecule has 0 aromatic heterocycles. The molecule has 2 N–H and O–H groups in total. The smallest absolute Gasteiger partial charge is 0.335 e. The lowest BCUT2D eigenvalue weighted by Gasteiger charge is -2.43. The van der Waals surface area contributed by atoms with Crippen LogP contribution in [0.1, 0.15) is 52.7 Å². The van der Waals surface area contributed by atoms with E-state index in [0.717, 1.165) is 11.3 Å². The Bertz CT molecular complexity index is 913. The molecular formula is C21H19Cl2NO2. The van der Waals surface area contributed by atoms with Gasteiger partial charge in [0.2, 0.25) is 0 Å². The third-order valence-electron chi connectivity index (χ3n) is 6.63. The highest BCUT2D eigenvalue weighted by atomic mass is 35.5. The molecule has 0 amide bonds. The van der Waals surface area contributed by atoms with Crippen LogP contribution in [0, 0.1) is 17.8 Å². The zero-order valence-electron chi connectivity index (χ0n) is 14.1. The summed E-state index contributed by atoms with van der Waals surface area (Å²) in [5, 5.41) is 14.4. The van der Waals surface area contributed by atoms with Crippen molar-refractivity contribution in [1.29, 1.82) is 0 Å². The number of rotatable bonds is 2. The third kappa shape index (κ3) is 2.37. The Morgan fingerprint density at radius 3 is 2.62 bits per heavy atom. The summed E-state index contributed by atoms with van der Waals surface area (Å²) in [5.41, 5.74) is 3.67. The Hall–Kier alpha value is -1.71. The summed E-state index contributed by atoms with van der Waals surface area (Å²) in [7, 11) is 0. The number of fused-ring (bicyclic) bond motifs is 7. The van der Waals surface area contributed by atoms with Gasteiger partial charge >= 0.3 is 5.97 Å². The lowest BCUT2D eigenvalue weighted by Crippen LogP contribution is -2.35. The van der Waals surface area contributed by atoms with Crippen LogP contribution in [-0.4, -0.2) is 11.1 Å². The van der Waals surface area contributed by atoms with Crippen molar-refractivity contribution in [2.24, 2.45) is 17.8 Å². The molecule has 2 saturated carbocycles. The predicted molar refractivity (Wildman–Crippen MR) is 103 cm³/mol. The molecule has 2 fully saturated rings. The molecule has 3 nitrogen and oxygen atoms in total. The molecule has 0 spiro atoms. The average Bonchev–Trinajstić information content (AvgIpc) is 3.23. The normalized spacial score (nSPS) is 31.2. The molecule has 5 atom stereocenters. The largest absolute Gasteiger partial charge is 0.478 e. The molecule has 3 aliphatic rings. The molecule has 5 heteroatoms. The highest BCUT2D eigenvalue weighted by Gasteiger charge is 2.54. The minimum absolute atomic E-state index is 0.142. The first-order valence-corrected chi connectivity index (χ1v) is 9.87. The second kappa shape index (κ2) is 5.90. The standard InChI is InChI=1S/C21H19Cl2NO2/c22-13-4-5-14(16(23)9-13)20-19-11-2-1-10(7-11)18(19)15-8-12(21(25)26)3-6-17(15)24-20/h3-6,8-11,18-20,24H,1-2,7H2,(H,25,26)/t10-,11-,18-,19+,20+/m0/s1. The van der Waals surface area contributed by atoms with Gasteiger partial charge < -0.3 is 10.4 Å².